The van der Waals surface area contributed by atoms with Crippen molar-refractivity contribution in [1.29, 1.82) is 0 Å². The molecule has 0 radical (unpaired) electrons. The molecular formula is C28H29N3O5. The van der Waals surface area contributed by atoms with Crippen molar-refractivity contribution < 1.29 is 14.3 Å². The van der Waals surface area contributed by atoms with Gasteiger partial charge in [-0.25, -0.2) is 9.78 Å². The SMILES string of the molecule is CC(C)c1cccc(Oc2cnc3c(c2Cc2ccccc2)c(=O)n(CCCOC=O)c(=O)n3C)c1. The average molecular weight is 488 g/mol. The van der Waals surface area contributed by atoms with Gasteiger partial charge in [-0.15, -0.1) is 0 Å². The molecule has 0 amide bonds. The first kappa shape index (κ1) is 24.9. The molecule has 0 aliphatic heterocycles. The van der Waals surface area contributed by atoms with Crippen LogP contribution in [0.4, 0.5) is 0 Å². The van der Waals surface area contributed by atoms with Crippen molar-refractivity contribution in [3.8, 4) is 11.5 Å². The number of hydrogen-bond donors (Lipinski definition) is 0. The summed E-state index contributed by atoms with van der Waals surface area (Å²) in [5.41, 5.74) is 2.14. The van der Waals surface area contributed by atoms with Crippen molar-refractivity contribution in [3.05, 3.63) is 98.3 Å². The van der Waals surface area contributed by atoms with Gasteiger partial charge >= 0.3 is 5.69 Å². The van der Waals surface area contributed by atoms with Crippen molar-refractivity contribution in [3.63, 3.8) is 0 Å². The summed E-state index contributed by atoms with van der Waals surface area (Å²) >= 11 is 0. The smallest absolute Gasteiger partial charge is 0.332 e. The van der Waals surface area contributed by atoms with E-state index in [1.54, 1.807) is 13.2 Å². The third-order valence-electron chi connectivity index (χ3n) is 6.11. The predicted molar refractivity (Wildman–Crippen MR) is 138 cm³/mol. The number of carbonyl (C=O) groups is 1. The van der Waals surface area contributed by atoms with Gasteiger partial charge in [-0.1, -0.05) is 56.3 Å². The van der Waals surface area contributed by atoms with Gasteiger partial charge in [0.1, 0.15) is 17.1 Å². The van der Waals surface area contributed by atoms with Crippen molar-refractivity contribution in [2.24, 2.45) is 7.05 Å². The van der Waals surface area contributed by atoms with E-state index in [0.717, 1.165) is 15.7 Å². The van der Waals surface area contributed by atoms with Crippen LogP contribution < -0.4 is 16.0 Å². The van der Waals surface area contributed by atoms with Crippen molar-refractivity contribution >= 4 is 17.5 Å². The fourth-order valence-corrected chi connectivity index (χ4v) is 4.17. The van der Waals surface area contributed by atoms with Crippen LogP contribution in [0.1, 0.15) is 42.9 Å². The molecule has 186 valence electrons. The van der Waals surface area contributed by atoms with E-state index in [1.807, 2.05) is 54.6 Å². The molecule has 36 heavy (non-hydrogen) atoms. The molecule has 0 saturated carbocycles. The Hall–Kier alpha value is -4.20. The summed E-state index contributed by atoms with van der Waals surface area (Å²) in [6, 6.07) is 17.6. The predicted octanol–water partition coefficient (Wildman–Crippen LogP) is 4.16. The monoisotopic (exact) mass is 487 g/mol. The lowest BCUT2D eigenvalue weighted by molar-refractivity contribution is -0.128. The second kappa shape index (κ2) is 11.0. The van der Waals surface area contributed by atoms with Crippen LogP contribution >= 0.6 is 0 Å². The first-order chi connectivity index (χ1) is 17.4. The highest BCUT2D eigenvalue weighted by molar-refractivity contribution is 5.81. The minimum absolute atomic E-state index is 0.113. The van der Waals surface area contributed by atoms with Gasteiger partial charge in [-0.05, 0) is 35.6 Å². The molecule has 2 aromatic carbocycles. The maximum atomic E-state index is 13.7. The van der Waals surface area contributed by atoms with Crippen LogP contribution in [0.15, 0.2) is 70.4 Å². The number of nitrogens with zero attached hydrogens (tertiary/aromatic N) is 3. The zero-order valence-electron chi connectivity index (χ0n) is 20.6. The zero-order valence-corrected chi connectivity index (χ0v) is 20.6. The molecule has 0 spiro atoms. The van der Waals surface area contributed by atoms with Crippen molar-refractivity contribution in [2.75, 3.05) is 6.61 Å². The topological polar surface area (TPSA) is 92.4 Å². The Morgan fingerprint density at radius 3 is 2.56 bits per heavy atom. The second-order valence-corrected chi connectivity index (χ2v) is 8.91. The van der Waals surface area contributed by atoms with Crippen LogP contribution in [0.2, 0.25) is 0 Å². The fraction of sp³-hybridized carbons (Fsp3) is 0.286. The van der Waals surface area contributed by atoms with E-state index in [4.69, 9.17) is 9.47 Å². The van der Waals surface area contributed by atoms with E-state index >= 15 is 0 Å². The lowest BCUT2D eigenvalue weighted by Crippen LogP contribution is -2.40. The van der Waals surface area contributed by atoms with Gasteiger partial charge in [-0.2, -0.15) is 0 Å². The van der Waals surface area contributed by atoms with E-state index in [-0.39, 0.29) is 13.2 Å². The van der Waals surface area contributed by atoms with E-state index < -0.39 is 11.2 Å². The van der Waals surface area contributed by atoms with Crippen LogP contribution in [0.5, 0.6) is 11.5 Å². The molecule has 2 aromatic heterocycles. The van der Waals surface area contributed by atoms with Gasteiger partial charge < -0.3 is 9.47 Å². The maximum Gasteiger partial charge on any atom is 0.332 e. The summed E-state index contributed by atoms with van der Waals surface area (Å²) < 4.78 is 13.6. The van der Waals surface area contributed by atoms with Gasteiger partial charge in [-0.3, -0.25) is 18.7 Å². The molecule has 0 bridgehead atoms. The molecule has 8 nitrogen and oxygen atoms in total. The molecule has 0 aliphatic rings. The fourth-order valence-electron chi connectivity index (χ4n) is 4.17. The van der Waals surface area contributed by atoms with E-state index in [2.05, 4.69) is 18.8 Å². The van der Waals surface area contributed by atoms with Crippen LogP contribution in [0, 0.1) is 0 Å². The Kier molecular flexibility index (Phi) is 7.63. The molecule has 0 fully saturated rings. The Balaban J connectivity index is 1.89. The summed E-state index contributed by atoms with van der Waals surface area (Å²) in [6.07, 6.45) is 2.32. The first-order valence-electron chi connectivity index (χ1n) is 11.9. The quantitative estimate of drug-likeness (QED) is 0.246. The molecule has 0 N–H and O–H groups in total. The largest absolute Gasteiger partial charge is 0.468 e. The molecule has 0 atom stereocenters. The Morgan fingerprint density at radius 2 is 1.83 bits per heavy atom. The normalized spacial score (nSPS) is 11.1. The highest BCUT2D eigenvalue weighted by atomic mass is 16.5. The minimum atomic E-state index is -0.477. The number of fused-ring (bicyclic) bond motifs is 1. The van der Waals surface area contributed by atoms with E-state index in [0.29, 0.717) is 53.3 Å². The lowest BCUT2D eigenvalue weighted by Gasteiger charge is -2.17. The zero-order chi connectivity index (χ0) is 25.7. The number of pyridine rings is 1. The molecule has 8 heteroatoms. The number of benzene rings is 2. The third kappa shape index (κ3) is 5.22. The van der Waals surface area contributed by atoms with Crippen LogP contribution in [-0.2, 0) is 29.5 Å². The molecular weight excluding hydrogens is 458 g/mol. The van der Waals surface area contributed by atoms with Gasteiger partial charge in [0.25, 0.3) is 12.0 Å². The lowest BCUT2D eigenvalue weighted by atomic mass is 10.0. The van der Waals surface area contributed by atoms with E-state index in [9.17, 15) is 14.4 Å². The summed E-state index contributed by atoms with van der Waals surface area (Å²) in [5.74, 6) is 1.43. The number of ether oxygens (including phenoxy) is 2. The highest BCUT2D eigenvalue weighted by Crippen LogP contribution is 2.31. The number of aromatic nitrogens is 3. The van der Waals surface area contributed by atoms with Crippen LogP contribution in [-0.4, -0.2) is 27.2 Å². The Morgan fingerprint density at radius 1 is 1.06 bits per heavy atom. The van der Waals surface area contributed by atoms with E-state index in [1.165, 1.54) is 4.57 Å². The molecule has 4 aromatic rings. The number of aryl methyl sites for hydroxylation is 1. The first-order valence-corrected chi connectivity index (χ1v) is 11.9. The molecule has 0 saturated heterocycles. The number of hydrogen-bond acceptors (Lipinski definition) is 6. The second-order valence-electron chi connectivity index (χ2n) is 8.91. The van der Waals surface area contributed by atoms with Crippen molar-refractivity contribution in [2.45, 2.75) is 39.2 Å². The third-order valence-corrected chi connectivity index (χ3v) is 6.11. The molecule has 2 heterocycles. The van der Waals surface area contributed by atoms with Crippen LogP contribution in [0.3, 0.4) is 0 Å². The summed E-state index contributed by atoms with van der Waals surface area (Å²) in [4.78, 5) is 41.6. The highest BCUT2D eigenvalue weighted by Gasteiger charge is 2.20. The maximum absolute atomic E-state index is 13.7. The molecule has 0 aliphatic carbocycles. The van der Waals surface area contributed by atoms with Gasteiger partial charge in [0.15, 0.2) is 0 Å². The average Bonchev–Trinajstić information content (AvgIpc) is 2.88. The minimum Gasteiger partial charge on any atom is -0.468 e. The summed E-state index contributed by atoms with van der Waals surface area (Å²) in [7, 11) is 1.59. The standard InChI is InChI=1S/C28H29N3O5/c1-19(2)21-11-7-12-22(16-21)36-24-17-29-26-25(23(24)15-20-9-5-4-6-10-20)27(33)31(28(34)30(26)3)13-8-14-35-18-32/h4-7,9-12,16-19H,8,13-15H2,1-3H3. The van der Waals surface area contributed by atoms with Crippen molar-refractivity contribution in [1.82, 2.24) is 14.1 Å². The van der Waals surface area contributed by atoms with Gasteiger partial charge in [0.05, 0.1) is 18.2 Å². The Labute approximate surface area is 208 Å². The summed E-state index contributed by atoms with van der Waals surface area (Å²) in [6.45, 7) is 4.80. The van der Waals surface area contributed by atoms with Crippen LogP contribution in [0.25, 0.3) is 11.0 Å². The molecule has 0 unspecified atom stereocenters. The van der Waals surface area contributed by atoms with Gasteiger partial charge in [0, 0.05) is 25.6 Å². The summed E-state index contributed by atoms with van der Waals surface area (Å²) in [5, 5.41) is 0.328. The number of carbonyl (C=O) groups excluding carboxylic acids is 1. The number of rotatable bonds is 10. The Bertz CT molecular complexity index is 1490. The molecule has 4 rings (SSSR count). The van der Waals surface area contributed by atoms with Gasteiger partial charge in [0.2, 0.25) is 0 Å².